The summed E-state index contributed by atoms with van der Waals surface area (Å²) in [5.74, 6) is 1.68. The van der Waals surface area contributed by atoms with Crippen molar-refractivity contribution in [2.45, 2.75) is 32.2 Å². The molecule has 0 aromatic heterocycles. The number of methoxy groups -OCH3 is 1. The first-order chi connectivity index (χ1) is 9.72. The molecule has 0 radical (unpaired) electrons. The van der Waals surface area contributed by atoms with E-state index in [-0.39, 0.29) is 12.1 Å². The van der Waals surface area contributed by atoms with Gasteiger partial charge in [-0.05, 0) is 36.6 Å². The van der Waals surface area contributed by atoms with Crippen LogP contribution < -0.4 is 20.1 Å². The van der Waals surface area contributed by atoms with E-state index in [1.807, 2.05) is 18.2 Å². The smallest absolute Gasteiger partial charge is 0.315 e. The summed E-state index contributed by atoms with van der Waals surface area (Å²) in [6, 6.07) is 5.61. The van der Waals surface area contributed by atoms with Crippen LogP contribution in [0, 0.1) is 0 Å². The molecule has 2 amide bonds. The number of hydrogen-bond acceptors (Lipinski definition) is 3. The average Bonchev–Trinajstić information content (AvgIpc) is 2.46. The van der Waals surface area contributed by atoms with E-state index < -0.39 is 0 Å². The molecule has 2 N–H and O–H groups in total. The number of unbranched alkanes of at least 4 members (excludes halogenated alkanes) is 1. The van der Waals surface area contributed by atoms with Crippen molar-refractivity contribution < 1.29 is 14.3 Å². The van der Waals surface area contributed by atoms with Gasteiger partial charge in [0, 0.05) is 6.54 Å². The van der Waals surface area contributed by atoms with Gasteiger partial charge < -0.3 is 20.1 Å². The number of ether oxygens (including phenoxy) is 2. The third kappa shape index (κ3) is 3.79. The fraction of sp³-hybridized carbons (Fsp3) is 0.533. The largest absolute Gasteiger partial charge is 0.497 e. The summed E-state index contributed by atoms with van der Waals surface area (Å²) in [5, 5.41) is 5.79. The number of fused-ring (bicyclic) bond motifs is 1. The summed E-state index contributed by atoms with van der Waals surface area (Å²) in [6.45, 7) is 3.31. The zero-order valence-corrected chi connectivity index (χ0v) is 12.1. The second-order valence-electron chi connectivity index (χ2n) is 4.94. The Morgan fingerprint density at radius 3 is 3.10 bits per heavy atom. The molecule has 110 valence electrons. The fourth-order valence-electron chi connectivity index (χ4n) is 2.21. The maximum absolute atomic E-state index is 11.7. The number of urea groups is 1. The molecule has 0 aliphatic carbocycles. The molecule has 2 rings (SSSR count). The number of benzene rings is 1. The monoisotopic (exact) mass is 278 g/mol. The Morgan fingerprint density at radius 2 is 2.35 bits per heavy atom. The molecule has 1 heterocycles. The van der Waals surface area contributed by atoms with Crippen LogP contribution in [0.1, 0.15) is 25.3 Å². The Balaban J connectivity index is 1.88. The van der Waals surface area contributed by atoms with Gasteiger partial charge in [0.25, 0.3) is 0 Å². The molecule has 1 aromatic rings. The summed E-state index contributed by atoms with van der Waals surface area (Å²) >= 11 is 0. The summed E-state index contributed by atoms with van der Waals surface area (Å²) < 4.78 is 10.9. The maximum atomic E-state index is 11.7. The first-order valence-electron chi connectivity index (χ1n) is 7.07. The van der Waals surface area contributed by atoms with E-state index in [1.54, 1.807) is 7.11 Å². The minimum absolute atomic E-state index is 0.00349. The molecule has 1 aliphatic heterocycles. The van der Waals surface area contributed by atoms with E-state index in [0.717, 1.165) is 36.3 Å². The van der Waals surface area contributed by atoms with Crippen molar-refractivity contribution in [3.05, 3.63) is 23.8 Å². The molecule has 1 aliphatic rings. The lowest BCUT2D eigenvalue weighted by atomic mass is 10.0. The van der Waals surface area contributed by atoms with Crippen LogP contribution >= 0.6 is 0 Å². The summed E-state index contributed by atoms with van der Waals surface area (Å²) in [4.78, 5) is 11.7. The van der Waals surface area contributed by atoms with Gasteiger partial charge in [0.15, 0.2) is 0 Å². The lowest BCUT2D eigenvalue weighted by Gasteiger charge is -2.26. The van der Waals surface area contributed by atoms with Gasteiger partial charge in [-0.3, -0.25) is 0 Å². The molecule has 1 aromatic carbocycles. The molecule has 5 heteroatoms. The third-order valence-corrected chi connectivity index (χ3v) is 3.33. The Hall–Kier alpha value is -1.91. The van der Waals surface area contributed by atoms with Crippen molar-refractivity contribution in [3.8, 4) is 11.5 Å². The molecule has 5 nitrogen and oxygen atoms in total. The molecule has 0 saturated carbocycles. The number of rotatable bonds is 5. The van der Waals surface area contributed by atoms with Crippen LogP contribution in [0.3, 0.4) is 0 Å². The van der Waals surface area contributed by atoms with Crippen LogP contribution in [0.5, 0.6) is 11.5 Å². The van der Waals surface area contributed by atoms with E-state index in [1.165, 1.54) is 0 Å². The molecule has 1 atom stereocenters. The number of carbonyl (C=O) groups is 1. The second-order valence-corrected chi connectivity index (χ2v) is 4.94. The number of carbonyl (C=O) groups excluding carboxylic acids is 1. The predicted molar refractivity (Wildman–Crippen MR) is 77.4 cm³/mol. The molecule has 0 bridgehead atoms. The number of nitrogens with one attached hydrogen (secondary N) is 2. The average molecular weight is 278 g/mol. The van der Waals surface area contributed by atoms with Crippen molar-refractivity contribution in [1.29, 1.82) is 0 Å². The summed E-state index contributed by atoms with van der Waals surface area (Å²) in [5.41, 5.74) is 1.06. The van der Waals surface area contributed by atoms with Gasteiger partial charge in [-0.2, -0.15) is 0 Å². The van der Waals surface area contributed by atoms with E-state index >= 15 is 0 Å². The van der Waals surface area contributed by atoms with E-state index in [4.69, 9.17) is 9.47 Å². The Kier molecular flexibility index (Phi) is 5.09. The topological polar surface area (TPSA) is 59.6 Å². The fourth-order valence-corrected chi connectivity index (χ4v) is 2.21. The van der Waals surface area contributed by atoms with Crippen LogP contribution in [0.2, 0.25) is 0 Å². The first kappa shape index (κ1) is 14.5. The molecule has 0 spiro atoms. The lowest BCUT2D eigenvalue weighted by Crippen LogP contribution is -2.47. The van der Waals surface area contributed by atoms with Gasteiger partial charge >= 0.3 is 6.03 Å². The van der Waals surface area contributed by atoms with E-state index in [9.17, 15) is 4.79 Å². The highest BCUT2D eigenvalue weighted by atomic mass is 16.5. The highest BCUT2D eigenvalue weighted by Gasteiger charge is 2.21. The second kappa shape index (κ2) is 7.03. The third-order valence-electron chi connectivity index (χ3n) is 3.33. The highest BCUT2D eigenvalue weighted by molar-refractivity contribution is 5.74. The lowest BCUT2D eigenvalue weighted by molar-refractivity contribution is 0.214. The number of hydrogen-bond donors (Lipinski definition) is 2. The molecular formula is C15H22N2O3. The predicted octanol–water partition coefficient (Wildman–Crippen LogP) is 2.10. The van der Waals surface area contributed by atoms with E-state index in [0.29, 0.717) is 13.2 Å². The van der Waals surface area contributed by atoms with Crippen LogP contribution in [-0.2, 0) is 6.42 Å². The Labute approximate surface area is 119 Å². The molecule has 0 fully saturated rings. The van der Waals surface area contributed by atoms with Crippen LogP contribution in [-0.4, -0.2) is 32.3 Å². The maximum Gasteiger partial charge on any atom is 0.315 e. The van der Waals surface area contributed by atoms with E-state index in [2.05, 4.69) is 17.6 Å². The SMILES string of the molecule is CCCCNC(=O)N[C@@H]1COc2ccc(OC)cc2C1. The molecule has 0 unspecified atom stereocenters. The normalized spacial score (nSPS) is 16.8. The van der Waals surface area contributed by atoms with Crippen molar-refractivity contribution in [2.24, 2.45) is 0 Å². The van der Waals surface area contributed by atoms with Gasteiger partial charge in [0.2, 0.25) is 0 Å². The summed E-state index contributed by atoms with van der Waals surface area (Å²) in [6.07, 6.45) is 2.82. The standard InChI is InChI=1S/C15H22N2O3/c1-3-4-7-16-15(18)17-12-8-11-9-13(19-2)5-6-14(11)20-10-12/h5-6,9,12H,3-4,7-8,10H2,1-2H3,(H2,16,17,18)/t12-/m0/s1. The van der Waals surface area contributed by atoms with Gasteiger partial charge in [-0.15, -0.1) is 0 Å². The molecule has 20 heavy (non-hydrogen) atoms. The summed E-state index contributed by atoms with van der Waals surface area (Å²) in [7, 11) is 1.64. The van der Waals surface area contributed by atoms with Gasteiger partial charge in [0.05, 0.1) is 13.2 Å². The first-order valence-corrected chi connectivity index (χ1v) is 7.07. The van der Waals surface area contributed by atoms with Crippen molar-refractivity contribution in [2.75, 3.05) is 20.3 Å². The van der Waals surface area contributed by atoms with Crippen LogP contribution in [0.25, 0.3) is 0 Å². The zero-order chi connectivity index (χ0) is 14.4. The van der Waals surface area contributed by atoms with Crippen LogP contribution in [0.4, 0.5) is 4.79 Å². The molecule has 0 saturated heterocycles. The number of amides is 2. The van der Waals surface area contributed by atoms with Gasteiger partial charge in [0.1, 0.15) is 18.1 Å². The van der Waals surface area contributed by atoms with Gasteiger partial charge in [-0.25, -0.2) is 4.79 Å². The zero-order valence-electron chi connectivity index (χ0n) is 12.1. The molecular weight excluding hydrogens is 256 g/mol. The minimum Gasteiger partial charge on any atom is -0.497 e. The van der Waals surface area contributed by atoms with Crippen LogP contribution in [0.15, 0.2) is 18.2 Å². The van der Waals surface area contributed by atoms with Crippen molar-refractivity contribution >= 4 is 6.03 Å². The Morgan fingerprint density at radius 1 is 1.50 bits per heavy atom. The van der Waals surface area contributed by atoms with Crippen molar-refractivity contribution in [1.82, 2.24) is 10.6 Å². The quantitative estimate of drug-likeness (QED) is 0.811. The minimum atomic E-state index is -0.126. The van der Waals surface area contributed by atoms with Gasteiger partial charge in [-0.1, -0.05) is 13.3 Å². The Bertz CT molecular complexity index is 462. The van der Waals surface area contributed by atoms with Crippen molar-refractivity contribution in [3.63, 3.8) is 0 Å². The highest BCUT2D eigenvalue weighted by Crippen LogP contribution is 2.28.